The Morgan fingerprint density at radius 1 is 0.387 bits per heavy atom. The first kappa shape index (κ1) is 88.0. The first-order chi connectivity index (χ1) is 59.1. The fourth-order valence-electron chi connectivity index (χ4n) is 19.4. The molecule has 0 radical (unpaired) electrons. The number of carbonyl (C=O) groups excluding carboxylic acids is 5. The Morgan fingerprint density at radius 2 is 0.694 bits per heavy atom. The lowest BCUT2D eigenvalue weighted by Gasteiger charge is -2.40. The fraction of sp³-hybridized carbons (Fsp3) is 0.355. The smallest absolute Gasteiger partial charge is 0.410 e. The molecule has 5 aliphatic heterocycles. The standard InChI is InChI=1S/C28H33NO3.C27H31NO4.C27H29NO3.C25H25NO3/c1-8-9-19-14-23-24-15-26(31-7)18(3)13-22(24)21-12-17(2)10-11-20(21)25(23)16-29(19)27(30)32-28(4,5)6;1-16-7-8-19-20(11-16)21-12-17(2)25(31-6)14-23(21)22-13-18(9-10-29)28(15-24(19)22)26(30)32-27(3,4)5;1-7-8-19-13-23-24-14-26(31-6)17(3)12-22(24)21-11-16(2)9-10-20(21)25(23)15-28(19)27(29)18(4)30-5;1-14-5-7-17-18(9-14)19-10-15(2)24(29-4)12-21(19)20-11-16-6-8-23(28-3)25(27)26(16)13-22(17)20/h8,10-13,15,19H,1,9,14,16H2,2-7H3;7-8,10-12,14,18H,9,13,15H2,1-6H3;7,9-12,14,19H,1,4,8,13,15H2,2-3,5-6H3;5,7-10,12,16H,6,11,13H2,1-4H3/t19-;18-;19-;16-/m1111/s1. The number of aldehydes is 1. The van der Waals surface area contributed by atoms with Crippen molar-refractivity contribution < 1.29 is 61.9 Å². The molecular formula is C107H118N4O13. The van der Waals surface area contributed by atoms with E-state index in [2.05, 4.69) is 196 Å². The van der Waals surface area contributed by atoms with E-state index in [0.29, 0.717) is 44.8 Å². The van der Waals surface area contributed by atoms with E-state index in [4.69, 9.17) is 37.9 Å². The van der Waals surface area contributed by atoms with Crippen LogP contribution in [0.25, 0.3) is 86.2 Å². The average Bonchev–Trinajstić information content (AvgIpc) is 0.742. The Bertz CT molecular complexity index is 6220. The number of hydrogen-bond acceptors (Lipinski definition) is 13. The van der Waals surface area contributed by atoms with Gasteiger partial charge in [-0.1, -0.05) is 114 Å². The van der Waals surface area contributed by atoms with Gasteiger partial charge in [-0.05, 0) is 349 Å². The van der Waals surface area contributed by atoms with Crippen LogP contribution < -0.4 is 18.9 Å². The van der Waals surface area contributed by atoms with Gasteiger partial charge < -0.3 is 62.3 Å². The number of fused-ring (bicyclic) bond motifs is 25. The van der Waals surface area contributed by atoms with E-state index in [1.807, 2.05) is 74.5 Å². The fourth-order valence-corrected chi connectivity index (χ4v) is 19.4. The molecule has 0 saturated heterocycles. The number of rotatable bonds is 13. The summed E-state index contributed by atoms with van der Waals surface area (Å²) in [6, 6.07) is 43.7. The number of aryl methyl sites for hydroxylation is 8. The van der Waals surface area contributed by atoms with Gasteiger partial charge in [0.1, 0.15) is 40.5 Å². The van der Waals surface area contributed by atoms with Crippen LogP contribution in [-0.4, -0.2) is 128 Å². The van der Waals surface area contributed by atoms with Gasteiger partial charge in [0, 0.05) is 43.7 Å². The van der Waals surface area contributed by atoms with Crippen LogP contribution in [0.1, 0.15) is 156 Å². The second-order valence-corrected chi connectivity index (χ2v) is 36.1. The van der Waals surface area contributed by atoms with Crippen molar-refractivity contribution in [2.24, 2.45) is 0 Å². The van der Waals surface area contributed by atoms with E-state index in [1.54, 1.807) is 40.4 Å². The molecule has 0 spiro atoms. The summed E-state index contributed by atoms with van der Waals surface area (Å²) in [5, 5.41) is 19.3. The van der Waals surface area contributed by atoms with Gasteiger partial charge >= 0.3 is 12.2 Å². The van der Waals surface area contributed by atoms with Crippen molar-refractivity contribution in [3.8, 4) is 23.0 Å². The van der Waals surface area contributed by atoms with Crippen molar-refractivity contribution in [1.82, 2.24) is 19.6 Å². The third-order valence-electron chi connectivity index (χ3n) is 25.4. The average molecular weight is 1670 g/mol. The third kappa shape index (κ3) is 17.0. The molecule has 12 aromatic carbocycles. The number of amides is 4. The summed E-state index contributed by atoms with van der Waals surface area (Å²) in [4.78, 5) is 71.2. The van der Waals surface area contributed by atoms with E-state index in [-0.39, 0.29) is 60.3 Å². The van der Waals surface area contributed by atoms with Crippen LogP contribution in [-0.2, 0) is 85.2 Å². The van der Waals surface area contributed by atoms with Crippen LogP contribution >= 0.6 is 0 Å². The highest BCUT2D eigenvalue weighted by Crippen LogP contribution is 2.48. The lowest BCUT2D eigenvalue weighted by atomic mass is 9.82. The van der Waals surface area contributed by atoms with Crippen LogP contribution in [0, 0.1) is 55.4 Å². The van der Waals surface area contributed by atoms with E-state index >= 15 is 0 Å². The number of carbonyl (C=O) groups is 5. The summed E-state index contributed by atoms with van der Waals surface area (Å²) in [5.41, 5.74) is 18.0. The predicted molar refractivity (Wildman–Crippen MR) is 501 cm³/mol. The van der Waals surface area contributed by atoms with Gasteiger partial charge in [-0.15, -0.1) is 13.2 Å². The maximum atomic E-state index is 13.2. The molecule has 0 unspecified atom stereocenters. The van der Waals surface area contributed by atoms with Crippen LogP contribution in [0.2, 0.25) is 0 Å². The Morgan fingerprint density at radius 3 is 1.00 bits per heavy atom. The SMILES string of the molecule is C=CC[C@@H]1Cc2c(c3ccc(C)cc3c3cc(C)c(OC)cc23)CN1C(=O)C(=C)OC.C=CC[C@@H]1Cc2c(c3ccc(C)cc3c3cc(C)c(OC)cc23)CN1C(=O)OC(C)(C)C.COC1=CC[C@@H]2Cc3c(c4ccc(C)cc4c4cc(C)c(OC)cc34)CN2C1=O.COc1cc2c3c(c4ccc(C)cc4c2cc1C)CN(C(=O)OC(C)(C)C)[C@H](CC=O)C3. The lowest BCUT2D eigenvalue weighted by Crippen LogP contribution is -2.47. The summed E-state index contributed by atoms with van der Waals surface area (Å²) in [6.45, 7) is 41.8. The minimum absolute atomic E-state index is 0.00259. The molecule has 4 amide bonds. The van der Waals surface area contributed by atoms with Crippen molar-refractivity contribution in [2.45, 2.75) is 210 Å². The van der Waals surface area contributed by atoms with Gasteiger partial charge in [0.05, 0.1) is 55.7 Å². The van der Waals surface area contributed by atoms with E-state index in [0.717, 1.165) is 100.0 Å². The molecule has 4 atom stereocenters. The molecule has 644 valence electrons. The second kappa shape index (κ2) is 35.5. The molecule has 0 aliphatic carbocycles. The molecule has 0 saturated carbocycles. The van der Waals surface area contributed by atoms with E-state index < -0.39 is 11.2 Å². The number of nitrogens with zero attached hydrogens (tertiary/aromatic N) is 4. The Balaban J connectivity index is 0.000000135. The zero-order valence-corrected chi connectivity index (χ0v) is 75.9. The molecule has 12 aromatic rings. The van der Waals surface area contributed by atoms with Crippen LogP contribution in [0.15, 0.2) is 171 Å². The maximum Gasteiger partial charge on any atom is 0.410 e. The summed E-state index contributed by atoms with van der Waals surface area (Å²) >= 11 is 0. The molecular weight excluding hydrogens is 1550 g/mol. The van der Waals surface area contributed by atoms with Crippen molar-refractivity contribution in [3.05, 3.63) is 260 Å². The highest BCUT2D eigenvalue weighted by Gasteiger charge is 2.40. The van der Waals surface area contributed by atoms with Crippen molar-refractivity contribution >= 4 is 116 Å². The van der Waals surface area contributed by atoms with Gasteiger partial charge in [0.2, 0.25) is 0 Å². The van der Waals surface area contributed by atoms with Crippen molar-refractivity contribution in [1.29, 1.82) is 0 Å². The lowest BCUT2D eigenvalue weighted by molar-refractivity contribution is -0.135. The van der Waals surface area contributed by atoms with Gasteiger partial charge in [-0.25, -0.2) is 9.59 Å². The Kier molecular flexibility index (Phi) is 25.2. The molecule has 0 aromatic heterocycles. The largest absolute Gasteiger partial charge is 0.496 e. The molecule has 5 aliphatic rings. The molecule has 17 rings (SSSR count). The van der Waals surface area contributed by atoms with Crippen molar-refractivity contribution in [3.63, 3.8) is 0 Å². The first-order valence-electron chi connectivity index (χ1n) is 43.0. The van der Waals surface area contributed by atoms with Crippen molar-refractivity contribution in [2.75, 3.05) is 42.7 Å². The highest BCUT2D eigenvalue weighted by molar-refractivity contribution is 6.16. The van der Waals surface area contributed by atoms with Gasteiger partial charge in [-0.2, -0.15) is 0 Å². The second-order valence-electron chi connectivity index (χ2n) is 36.1. The van der Waals surface area contributed by atoms with Crippen LogP contribution in [0.5, 0.6) is 23.0 Å². The summed E-state index contributed by atoms with van der Waals surface area (Å²) < 4.78 is 44.5. The molecule has 124 heavy (non-hydrogen) atoms. The van der Waals surface area contributed by atoms with Gasteiger partial charge in [0.25, 0.3) is 11.8 Å². The third-order valence-corrected chi connectivity index (χ3v) is 25.4. The quantitative estimate of drug-likeness (QED) is 0.0351. The summed E-state index contributed by atoms with van der Waals surface area (Å²) in [5.74, 6) is 3.98. The number of hydrogen-bond donors (Lipinski definition) is 0. The number of methoxy groups -OCH3 is 6. The monoisotopic (exact) mass is 1670 g/mol. The first-order valence-corrected chi connectivity index (χ1v) is 43.0. The topological polar surface area (TPSA) is 172 Å². The maximum absolute atomic E-state index is 13.2. The molecule has 17 heteroatoms. The van der Waals surface area contributed by atoms with E-state index in [1.165, 1.54) is 144 Å². The normalized spacial score (nSPS) is 16.6. The van der Waals surface area contributed by atoms with Crippen LogP contribution in [0.4, 0.5) is 9.59 Å². The molecule has 0 fully saturated rings. The Labute approximate surface area is 729 Å². The van der Waals surface area contributed by atoms with Gasteiger partial charge in [-0.3, -0.25) is 9.59 Å². The number of ether oxygens (including phenoxy) is 8. The van der Waals surface area contributed by atoms with Crippen LogP contribution in [0.3, 0.4) is 0 Å². The molecule has 0 N–H and O–H groups in total. The zero-order chi connectivity index (χ0) is 89.0. The molecule has 0 bridgehead atoms. The zero-order valence-electron chi connectivity index (χ0n) is 75.9. The summed E-state index contributed by atoms with van der Waals surface area (Å²) in [6.07, 6.45) is 11.4. The molecule has 17 nitrogen and oxygen atoms in total. The Hall–Kier alpha value is -12.4. The highest BCUT2D eigenvalue weighted by atomic mass is 16.6. The minimum Gasteiger partial charge on any atom is -0.496 e. The van der Waals surface area contributed by atoms with Gasteiger partial charge in [0.15, 0.2) is 11.5 Å². The summed E-state index contributed by atoms with van der Waals surface area (Å²) in [7, 11) is 9.90. The van der Waals surface area contributed by atoms with E-state index in [9.17, 15) is 24.0 Å². The minimum atomic E-state index is -0.601. The predicted octanol–water partition coefficient (Wildman–Crippen LogP) is 23.1. The number of benzene rings is 12. The molecule has 5 heterocycles.